The summed E-state index contributed by atoms with van der Waals surface area (Å²) in [6, 6.07) is 10.9. The highest BCUT2D eigenvalue weighted by molar-refractivity contribution is 6.35. The van der Waals surface area contributed by atoms with Gasteiger partial charge in [-0.3, -0.25) is 9.69 Å². The zero-order chi connectivity index (χ0) is 17.3. The van der Waals surface area contributed by atoms with Gasteiger partial charge in [0.1, 0.15) is 0 Å². The van der Waals surface area contributed by atoms with Crippen LogP contribution in [0.2, 0.25) is 10.0 Å². The number of aliphatic hydroxyl groups is 1. The fraction of sp³-hybridized carbons (Fsp3) is 0.278. The predicted molar refractivity (Wildman–Crippen MR) is 95.4 cm³/mol. The van der Waals surface area contributed by atoms with Crippen molar-refractivity contribution in [2.24, 2.45) is 0 Å². The molecule has 1 aliphatic rings. The molecule has 0 spiro atoms. The van der Waals surface area contributed by atoms with Gasteiger partial charge < -0.3 is 10.4 Å². The molecule has 1 heterocycles. The van der Waals surface area contributed by atoms with E-state index in [9.17, 15) is 9.90 Å². The Bertz CT molecular complexity index is 780. The fourth-order valence-corrected chi connectivity index (χ4v) is 3.31. The standard InChI is InChI=1S/C18H18Cl2N2O2/c1-22(9-13-4-5-14(19)7-16(13)20)10-17(23)11-2-3-12-8-21-18(24)15(12)6-11/h2-7,17,23H,8-10H2,1H3,(H,21,24). The number of aliphatic hydroxyl groups excluding tert-OH is 1. The monoisotopic (exact) mass is 364 g/mol. The molecule has 0 aliphatic carbocycles. The first-order valence-electron chi connectivity index (χ1n) is 7.65. The van der Waals surface area contributed by atoms with E-state index in [0.717, 1.165) is 16.7 Å². The number of amides is 1. The van der Waals surface area contributed by atoms with Gasteiger partial charge in [0.25, 0.3) is 5.91 Å². The molecule has 6 heteroatoms. The summed E-state index contributed by atoms with van der Waals surface area (Å²) in [5.74, 6) is -0.0830. The van der Waals surface area contributed by atoms with Gasteiger partial charge in [0.05, 0.1) is 6.10 Å². The first kappa shape index (κ1) is 17.2. The molecule has 1 unspecified atom stereocenters. The molecule has 24 heavy (non-hydrogen) atoms. The average molecular weight is 365 g/mol. The van der Waals surface area contributed by atoms with Crippen molar-refractivity contribution in [1.82, 2.24) is 10.2 Å². The molecule has 0 bridgehead atoms. The summed E-state index contributed by atoms with van der Waals surface area (Å²) in [6.45, 7) is 1.58. The highest BCUT2D eigenvalue weighted by Gasteiger charge is 2.21. The summed E-state index contributed by atoms with van der Waals surface area (Å²) < 4.78 is 0. The van der Waals surface area contributed by atoms with Gasteiger partial charge in [-0.25, -0.2) is 0 Å². The quantitative estimate of drug-likeness (QED) is 0.854. The zero-order valence-electron chi connectivity index (χ0n) is 13.2. The number of carbonyl (C=O) groups excluding carboxylic acids is 1. The zero-order valence-corrected chi connectivity index (χ0v) is 14.7. The van der Waals surface area contributed by atoms with Gasteiger partial charge in [-0.05, 0) is 41.9 Å². The van der Waals surface area contributed by atoms with Crippen LogP contribution in [0, 0.1) is 0 Å². The van der Waals surface area contributed by atoms with Crippen molar-refractivity contribution in [2.75, 3.05) is 13.6 Å². The van der Waals surface area contributed by atoms with Crippen LogP contribution in [0.25, 0.3) is 0 Å². The van der Waals surface area contributed by atoms with Crippen LogP contribution in [0.3, 0.4) is 0 Å². The molecular weight excluding hydrogens is 347 g/mol. The highest BCUT2D eigenvalue weighted by atomic mass is 35.5. The Morgan fingerprint density at radius 2 is 2.04 bits per heavy atom. The Morgan fingerprint density at radius 1 is 1.25 bits per heavy atom. The molecule has 1 atom stereocenters. The Hall–Kier alpha value is -1.59. The second-order valence-corrected chi connectivity index (χ2v) is 6.89. The van der Waals surface area contributed by atoms with Gasteiger partial charge in [-0.1, -0.05) is 41.4 Å². The summed E-state index contributed by atoms with van der Waals surface area (Å²) in [5.41, 5.74) is 3.30. The third kappa shape index (κ3) is 3.73. The predicted octanol–water partition coefficient (Wildman–Crippen LogP) is 3.40. The minimum absolute atomic E-state index is 0.0830. The smallest absolute Gasteiger partial charge is 0.251 e. The van der Waals surface area contributed by atoms with Gasteiger partial charge in [-0.2, -0.15) is 0 Å². The molecule has 4 nitrogen and oxygen atoms in total. The van der Waals surface area contributed by atoms with Crippen LogP contribution in [0.5, 0.6) is 0 Å². The third-order valence-corrected chi connectivity index (χ3v) is 4.73. The average Bonchev–Trinajstić information content (AvgIpc) is 2.91. The second-order valence-electron chi connectivity index (χ2n) is 6.05. The van der Waals surface area contributed by atoms with Crippen molar-refractivity contribution in [3.05, 3.63) is 68.7 Å². The summed E-state index contributed by atoms with van der Waals surface area (Å²) in [4.78, 5) is 13.7. The largest absolute Gasteiger partial charge is 0.387 e. The van der Waals surface area contributed by atoms with Gasteiger partial charge in [0.15, 0.2) is 0 Å². The highest BCUT2D eigenvalue weighted by Crippen LogP contribution is 2.24. The van der Waals surface area contributed by atoms with Gasteiger partial charge in [-0.15, -0.1) is 0 Å². The molecular formula is C18H18Cl2N2O2. The van der Waals surface area contributed by atoms with Gasteiger partial charge >= 0.3 is 0 Å². The SMILES string of the molecule is CN(Cc1ccc(Cl)cc1Cl)CC(O)c1ccc2c(c1)C(=O)NC2. The van der Waals surface area contributed by atoms with E-state index in [-0.39, 0.29) is 5.91 Å². The second kappa shape index (κ2) is 7.11. The number of rotatable bonds is 5. The molecule has 0 radical (unpaired) electrons. The number of hydrogen-bond acceptors (Lipinski definition) is 3. The Balaban J connectivity index is 1.67. The Labute approximate surface area is 151 Å². The van der Waals surface area contributed by atoms with E-state index in [0.29, 0.717) is 35.2 Å². The molecule has 2 aromatic rings. The normalized spacial score (nSPS) is 14.6. The number of hydrogen-bond donors (Lipinski definition) is 2. The van der Waals surface area contributed by atoms with Crippen molar-refractivity contribution in [2.45, 2.75) is 19.2 Å². The lowest BCUT2D eigenvalue weighted by Crippen LogP contribution is -2.24. The number of carbonyl (C=O) groups is 1. The van der Waals surface area contributed by atoms with E-state index in [4.69, 9.17) is 23.2 Å². The van der Waals surface area contributed by atoms with Crippen molar-refractivity contribution in [1.29, 1.82) is 0 Å². The molecule has 1 aliphatic heterocycles. The van der Waals surface area contributed by atoms with Crippen LogP contribution >= 0.6 is 23.2 Å². The summed E-state index contributed by atoms with van der Waals surface area (Å²) in [5, 5.41) is 14.5. The van der Waals surface area contributed by atoms with Crippen molar-refractivity contribution in [3.8, 4) is 0 Å². The number of nitrogens with one attached hydrogen (secondary N) is 1. The van der Waals surface area contributed by atoms with Gasteiger partial charge in [0.2, 0.25) is 0 Å². The van der Waals surface area contributed by atoms with Crippen molar-refractivity contribution >= 4 is 29.1 Å². The van der Waals surface area contributed by atoms with Crippen LogP contribution < -0.4 is 5.32 Å². The number of nitrogens with zero attached hydrogens (tertiary/aromatic N) is 1. The topological polar surface area (TPSA) is 52.6 Å². The summed E-state index contributed by atoms with van der Waals surface area (Å²) in [6.07, 6.45) is -0.681. The van der Waals surface area contributed by atoms with E-state index in [1.165, 1.54) is 0 Å². The molecule has 0 fully saturated rings. The molecule has 2 N–H and O–H groups in total. The van der Waals surface area contributed by atoms with Crippen molar-refractivity contribution < 1.29 is 9.90 Å². The maximum atomic E-state index is 11.7. The van der Waals surface area contributed by atoms with E-state index in [1.807, 2.05) is 30.1 Å². The van der Waals surface area contributed by atoms with Crippen LogP contribution in [0.4, 0.5) is 0 Å². The maximum absolute atomic E-state index is 11.7. The number of likely N-dealkylation sites (N-methyl/N-ethyl adjacent to an activating group) is 1. The molecule has 2 aromatic carbocycles. The molecule has 0 aromatic heterocycles. The lowest BCUT2D eigenvalue weighted by molar-refractivity contribution is 0.0965. The van der Waals surface area contributed by atoms with Crippen LogP contribution in [-0.2, 0) is 13.1 Å². The minimum atomic E-state index is -0.681. The van der Waals surface area contributed by atoms with E-state index >= 15 is 0 Å². The van der Waals surface area contributed by atoms with Crippen molar-refractivity contribution in [3.63, 3.8) is 0 Å². The first-order chi connectivity index (χ1) is 11.4. The summed E-state index contributed by atoms with van der Waals surface area (Å²) >= 11 is 12.1. The van der Waals surface area contributed by atoms with E-state index in [1.54, 1.807) is 18.2 Å². The lowest BCUT2D eigenvalue weighted by Gasteiger charge is -2.21. The molecule has 0 saturated carbocycles. The van der Waals surface area contributed by atoms with Gasteiger partial charge in [0, 0.05) is 35.2 Å². The Kier molecular flexibility index (Phi) is 5.11. The fourth-order valence-electron chi connectivity index (χ4n) is 2.84. The molecule has 3 rings (SSSR count). The molecule has 126 valence electrons. The lowest BCUT2D eigenvalue weighted by atomic mass is 10.0. The molecule has 0 saturated heterocycles. The first-order valence-corrected chi connectivity index (χ1v) is 8.41. The Morgan fingerprint density at radius 3 is 2.79 bits per heavy atom. The van der Waals surface area contributed by atoms with E-state index < -0.39 is 6.10 Å². The minimum Gasteiger partial charge on any atom is -0.387 e. The number of benzene rings is 2. The van der Waals surface area contributed by atoms with Crippen LogP contribution in [-0.4, -0.2) is 29.5 Å². The number of halogens is 2. The molecule has 1 amide bonds. The maximum Gasteiger partial charge on any atom is 0.251 e. The third-order valence-electron chi connectivity index (χ3n) is 4.14. The summed E-state index contributed by atoms with van der Waals surface area (Å²) in [7, 11) is 1.91. The van der Waals surface area contributed by atoms with Crippen LogP contribution in [0.1, 0.15) is 33.2 Å². The number of fused-ring (bicyclic) bond motifs is 1. The van der Waals surface area contributed by atoms with E-state index in [2.05, 4.69) is 5.32 Å². The van der Waals surface area contributed by atoms with Crippen LogP contribution in [0.15, 0.2) is 36.4 Å².